The third-order valence-corrected chi connectivity index (χ3v) is 4.60. The summed E-state index contributed by atoms with van der Waals surface area (Å²) < 4.78 is 0. The van der Waals surface area contributed by atoms with Crippen LogP contribution in [0.15, 0.2) is 48.8 Å². The van der Waals surface area contributed by atoms with Gasteiger partial charge in [-0.05, 0) is 43.0 Å². The van der Waals surface area contributed by atoms with Crippen molar-refractivity contribution >= 4 is 11.5 Å². The fraction of sp³-hybridized carbons (Fsp3) is 0.200. The second-order valence-corrected chi connectivity index (χ2v) is 6.38. The van der Waals surface area contributed by atoms with Gasteiger partial charge in [-0.3, -0.25) is 0 Å². The minimum Gasteiger partial charge on any atom is -0.503 e. The summed E-state index contributed by atoms with van der Waals surface area (Å²) in [6.07, 6.45) is 2.68. The molecule has 126 valence electrons. The average molecular weight is 333 g/mol. The zero-order valence-corrected chi connectivity index (χ0v) is 13.9. The lowest BCUT2D eigenvalue weighted by atomic mass is 10.1. The van der Waals surface area contributed by atoms with E-state index in [4.69, 9.17) is 0 Å². The van der Waals surface area contributed by atoms with E-state index >= 15 is 0 Å². The van der Waals surface area contributed by atoms with Crippen molar-refractivity contribution in [2.75, 3.05) is 5.32 Å². The number of anilines is 2. The summed E-state index contributed by atoms with van der Waals surface area (Å²) in [7, 11) is 0. The van der Waals surface area contributed by atoms with Crippen LogP contribution in [0.25, 0.3) is 11.3 Å². The third-order valence-electron chi connectivity index (χ3n) is 4.60. The van der Waals surface area contributed by atoms with Crippen molar-refractivity contribution in [2.24, 2.45) is 0 Å². The maximum atomic E-state index is 10.6. The van der Waals surface area contributed by atoms with Crippen molar-refractivity contribution in [3.63, 3.8) is 0 Å². The average Bonchev–Trinajstić information content (AvgIpc) is 2.98. The van der Waals surface area contributed by atoms with Crippen molar-refractivity contribution in [3.05, 3.63) is 65.5 Å². The topological polar surface area (TPSA) is 78.3 Å². The second-order valence-electron chi connectivity index (χ2n) is 6.38. The van der Waals surface area contributed by atoms with Gasteiger partial charge < -0.3 is 15.5 Å². The predicted octanol–water partition coefficient (Wildman–Crippen LogP) is 3.88. The van der Waals surface area contributed by atoms with Gasteiger partial charge in [0.05, 0.1) is 6.10 Å². The first-order chi connectivity index (χ1) is 12.1. The molecule has 0 radical (unpaired) electrons. The molecule has 2 aromatic carbocycles. The minimum absolute atomic E-state index is 0.0203. The van der Waals surface area contributed by atoms with E-state index in [1.54, 1.807) is 0 Å². The van der Waals surface area contributed by atoms with E-state index in [-0.39, 0.29) is 11.9 Å². The number of hydrogen-bond donors (Lipinski definition) is 3. The lowest BCUT2D eigenvalue weighted by Gasteiger charge is -2.12. The molecule has 0 amide bonds. The summed E-state index contributed by atoms with van der Waals surface area (Å²) in [6, 6.07) is 13.6. The molecule has 25 heavy (non-hydrogen) atoms. The Kier molecular flexibility index (Phi) is 3.86. The fourth-order valence-electron chi connectivity index (χ4n) is 3.20. The first-order valence-corrected chi connectivity index (χ1v) is 8.31. The van der Waals surface area contributed by atoms with Gasteiger partial charge in [-0.2, -0.15) is 0 Å². The Hall–Kier alpha value is -2.92. The molecule has 0 fully saturated rings. The highest BCUT2D eigenvalue weighted by Gasteiger charge is 2.20. The van der Waals surface area contributed by atoms with Crippen LogP contribution in [-0.2, 0) is 6.42 Å². The number of aliphatic hydroxyl groups excluding tert-OH is 1. The molecule has 5 nitrogen and oxygen atoms in total. The number of rotatable bonds is 3. The first kappa shape index (κ1) is 15.6. The van der Waals surface area contributed by atoms with Crippen LogP contribution in [0, 0.1) is 6.92 Å². The summed E-state index contributed by atoms with van der Waals surface area (Å²) >= 11 is 0. The van der Waals surface area contributed by atoms with E-state index in [1.807, 2.05) is 49.4 Å². The van der Waals surface area contributed by atoms with E-state index < -0.39 is 0 Å². The van der Waals surface area contributed by atoms with Crippen LogP contribution in [0.2, 0.25) is 0 Å². The van der Waals surface area contributed by atoms with Gasteiger partial charge in [-0.25, -0.2) is 9.97 Å². The number of aliphatic hydroxyl groups is 1. The molecule has 1 unspecified atom stereocenters. The van der Waals surface area contributed by atoms with Gasteiger partial charge in [0.25, 0.3) is 0 Å². The second kappa shape index (κ2) is 6.18. The number of aryl methyl sites for hydroxylation is 2. The molecule has 4 rings (SSSR count). The molecule has 0 saturated carbocycles. The maximum absolute atomic E-state index is 10.6. The van der Waals surface area contributed by atoms with Gasteiger partial charge in [-0.15, -0.1) is 0 Å². The molecule has 1 heterocycles. The smallest absolute Gasteiger partial charge is 0.185 e. The van der Waals surface area contributed by atoms with E-state index in [9.17, 15) is 10.2 Å². The minimum atomic E-state index is -0.371. The molecular formula is C20H19N3O2. The molecule has 1 aliphatic carbocycles. The van der Waals surface area contributed by atoms with E-state index in [0.29, 0.717) is 11.5 Å². The molecule has 1 aromatic heterocycles. The van der Waals surface area contributed by atoms with Crippen LogP contribution in [-0.4, -0.2) is 20.2 Å². The van der Waals surface area contributed by atoms with Gasteiger partial charge >= 0.3 is 0 Å². The van der Waals surface area contributed by atoms with E-state index in [0.717, 1.165) is 40.8 Å². The van der Waals surface area contributed by atoms with Gasteiger partial charge in [0.15, 0.2) is 11.6 Å². The molecule has 0 saturated heterocycles. The van der Waals surface area contributed by atoms with E-state index in [1.165, 1.54) is 6.33 Å². The van der Waals surface area contributed by atoms with Crippen LogP contribution < -0.4 is 5.32 Å². The Morgan fingerprint density at radius 2 is 1.88 bits per heavy atom. The van der Waals surface area contributed by atoms with Crippen molar-refractivity contribution in [2.45, 2.75) is 25.9 Å². The standard InChI is InChI=1S/C20H19N3O2/c1-12-2-4-13(5-3-12)18-19(25)20(22-11-21-18)23-15-7-8-16-14(10-15)6-9-17(16)24/h2-5,7-8,10-11,17,24-25H,6,9H2,1H3,(H,21,22,23). The lowest BCUT2D eigenvalue weighted by Crippen LogP contribution is -1.98. The van der Waals surface area contributed by atoms with Crippen molar-refractivity contribution in [1.29, 1.82) is 0 Å². The molecule has 0 aliphatic heterocycles. The Morgan fingerprint density at radius 1 is 1.08 bits per heavy atom. The maximum Gasteiger partial charge on any atom is 0.185 e. The number of benzene rings is 2. The summed E-state index contributed by atoms with van der Waals surface area (Å²) in [5.74, 6) is 0.385. The molecule has 1 atom stereocenters. The van der Waals surface area contributed by atoms with Crippen LogP contribution in [0.5, 0.6) is 5.75 Å². The van der Waals surface area contributed by atoms with Gasteiger partial charge in [0.2, 0.25) is 0 Å². The summed E-state index contributed by atoms with van der Waals surface area (Å²) in [4.78, 5) is 8.38. The zero-order valence-electron chi connectivity index (χ0n) is 13.9. The highest BCUT2D eigenvalue weighted by atomic mass is 16.3. The Balaban J connectivity index is 1.65. The number of nitrogens with one attached hydrogen (secondary N) is 1. The number of hydrogen-bond acceptors (Lipinski definition) is 5. The van der Waals surface area contributed by atoms with Crippen LogP contribution >= 0.6 is 0 Å². The van der Waals surface area contributed by atoms with Crippen LogP contribution in [0.4, 0.5) is 11.5 Å². The molecule has 5 heteroatoms. The normalized spacial score (nSPS) is 15.8. The lowest BCUT2D eigenvalue weighted by molar-refractivity contribution is 0.180. The number of aromatic hydroxyl groups is 1. The molecule has 0 bridgehead atoms. The number of nitrogens with zero attached hydrogens (tertiary/aromatic N) is 2. The van der Waals surface area contributed by atoms with E-state index in [2.05, 4.69) is 15.3 Å². The number of fused-ring (bicyclic) bond motifs is 1. The molecule has 3 aromatic rings. The van der Waals surface area contributed by atoms with Crippen molar-refractivity contribution < 1.29 is 10.2 Å². The Morgan fingerprint density at radius 3 is 2.68 bits per heavy atom. The summed E-state index contributed by atoms with van der Waals surface area (Å²) in [5.41, 5.74) is 5.43. The van der Waals surface area contributed by atoms with Gasteiger partial charge in [0.1, 0.15) is 12.0 Å². The fourth-order valence-corrected chi connectivity index (χ4v) is 3.20. The predicted molar refractivity (Wildman–Crippen MR) is 96.9 cm³/mol. The van der Waals surface area contributed by atoms with Crippen molar-refractivity contribution in [1.82, 2.24) is 9.97 Å². The zero-order chi connectivity index (χ0) is 17.4. The van der Waals surface area contributed by atoms with Crippen molar-refractivity contribution in [3.8, 4) is 17.0 Å². The third kappa shape index (κ3) is 2.94. The van der Waals surface area contributed by atoms with Gasteiger partial charge in [0, 0.05) is 11.3 Å². The summed E-state index contributed by atoms with van der Waals surface area (Å²) in [5, 5.41) is 23.6. The molecular weight excluding hydrogens is 314 g/mol. The quantitative estimate of drug-likeness (QED) is 0.678. The SMILES string of the molecule is Cc1ccc(-c2ncnc(Nc3ccc4c(c3)CCC4O)c2O)cc1. The molecule has 3 N–H and O–H groups in total. The van der Waals surface area contributed by atoms with Crippen LogP contribution in [0.1, 0.15) is 29.2 Å². The Bertz CT molecular complexity index is 923. The summed E-state index contributed by atoms with van der Waals surface area (Å²) in [6.45, 7) is 2.02. The van der Waals surface area contributed by atoms with Crippen LogP contribution in [0.3, 0.4) is 0 Å². The number of aromatic nitrogens is 2. The molecule has 1 aliphatic rings. The monoisotopic (exact) mass is 333 g/mol. The highest BCUT2D eigenvalue weighted by molar-refractivity contribution is 5.74. The largest absolute Gasteiger partial charge is 0.503 e. The first-order valence-electron chi connectivity index (χ1n) is 8.31. The molecule has 0 spiro atoms. The highest BCUT2D eigenvalue weighted by Crippen LogP contribution is 2.36. The Labute approximate surface area is 146 Å². The van der Waals surface area contributed by atoms with Gasteiger partial charge in [-0.1, -0.05) is 35.9 Å².